The predicted octanol–water partition coefficient (Wildman–Crippen LogP) is 1.56. The molecule has 0 spiro atoms. The van der Waals surface area contributed by atoms with Crippen molar-refractivity contribution >= 4 is 44.0 Å². The van der Waals surface area contributed by atoms with E-state index in [2.05, 4.69) is 20.6 Å². The third-order valence-corrected chi connectivity index (χ3v) is 6.41. The Kier molecular flexibility index (Phi) is 3.75. The summed E-state index contributed by atoms with van der Waals surface area (Å²) in [6, 6.07) is 1.72. The number of hydrogen-bond acceptors (Lipinski definition) is 6. The smallest absolute Gasteiger partial charge is 0.235 e. The van der Waals surface area contributed by atoms with E-state index < -0.39 is 10.0 Å². The van der Waals surface area contributed by atoms with Gasteiger partial charge in [-0.15, -0.1) is 0 Å². The molecule has 2 aromatic heterocycles. The highest BCUT2D eigenvalue weighted by Gasteiger charge is 2.31. The number of rotatable bonds is 4. The fourth-order valence-electron chi connectivity index (χ4n) is 3.07. The Morgan fingerprint density at radius 2 is 2.04 bits per heavy atom. The van der Waals surface area contributed by atoms with Crippen molar-refractivity contribution in [2.75, 3.05) is 34.3 Å². The molecule has 9 heteroatoms. The summed E-state index contributed by atoms with van der Waals surface area (Å²) in [7, 11) is -1.58. The Hall–Kier alpha value is -2.42. The molecule has 8 nitrogen and oxygen atoms in total. The zero-order chi connectivity index (χ0) is 17.6. The van der Waals surface area contributed by atoms with E-state index in [0.29, 0.717) is 41.1 Å². The van der Waals surface area contributed by atoms with Crippen LogP contribution in [0, 0.1) is 5.92 Å². The Morgan fingerprint density at radius 3 is 2.68 bits per heavy atom. The predicted molar refractivity (Wildman–Crippen MR) is 96.2 cm³/mol. The summed E-state index contributed by atoms with van der Waals surface area (Å²) in [6.07, 6.45) is 5.58. The van der Waals surface area contributed by atoms with Crippen molar-refractivity contribution in [2.45, 2.75) is 19.3 Å². The number of nitrogens with one attached hydrogen (secondary N) is 2. The zero-order valence-corrected chi connectivity index (χ0v) is 14.6. The Balaban J connectivity index is 1.82. The zero-order valence-electron chi connectivity index (χ0n) is 13.8. The first-order chi connectivity index (χ1) is 12.0. The van der Waals surface area contributed by atoms with Crippen molar-refractivity contribution in [3.8, 4) is 0 Å². The molecular weight excluding hydrogens is 342 g/mol. The lowest BCUT2D eigenvalue weighted by atomic mass is 10.1. The van der Waals surface area contributed by atoms with Gasteiger partial charge in [0.25, 0.3) is 0 Å². The minimum Gasteiger partial charge on any atom is -0.373 e. The first-order valence-corrected chi connectivity index (χ1v) is 9.88. The Bertz CT molecular complexity index is 956. The van der Waals surface area contributed by atoms with Crippen molar-refractivity contribution in [1.29, 1.82) is 0 Å². The average molecular weight is 361 g/mol. The molecule has 3 heterocycles. The number of sulfonamides is 1. The van der Waals surface area contributed by atoms with Crippen LogP contribution < -0.4 is 14.9 Å². The number of anilines is 3. The van der Waals surface area contributed by atoms with Gasteiger partial charge >= 0.3 is 0 Å². The van der Waals surface area contributed by atoms with Gasteiger partial charge in [0.1, 0.15) is 11.6 Å². The molecule has 132 valence electrons. The lowest BCUT2D eigenvalue weighted by Gasteiger charge is -2.20. The van der Waals surface area contributed by atoms with E-state index in [9.17, 15) is 13.2 Å². The van der Waals surface area contributed by atoms with E-state index in [1.807, 2.05) is 0 Å². The number of fused-ring (bicyclic) bond motifs is 1. The van der Waals surface area contributed by atoms with E-state index in [1.54, 1.807) is 25.5 Å². The molecule has 0 atom stereocenters. The maximum absolute atomic E-state index is 12.3. The highest BCUT2D eigenvalue weighted by molar-refractivity contribution is 7.93. The molecule has 1 amide bonds. The van der Waals surface area contributed by atoms with Gasteiger partial charge in [-0.3, -0.25) is 9.10 Å². The van der Waals surface area contributed by atoms with Gasteiger partial charge in [0.15, 0.2) is 0 Å². The molecule has 4 rings (SSSR count). The van der Waals surface area contributed by atoms with Crippen molar-refractivity contribution in [2.24, 2.45) is 5.92 Å². The maximum atomic E-state index is 12.3. The molecule has 0 bridgehead atoms. The van der Waals surface area contributed by atoms with Gasteiger partial charge in [-0.05, 0) is 25.3 Å². The first-order valence-electron chi connectivity index (χ1n) is 8.27. The summed E-state index contributed by atoms with van der Waals surface area (Å²) in [5.41, 5.74) is 0.524. The topological polar surface area (TPSA) is 104 Å². The van der Waals surface area contributed by atoms with E-state index in [0.717, 1.165) is 12.8 Å². The van der Waals surface area contributed by atoms with Crippen LogP contribution in [0.1, 0.15) is 19.3 Å². The molecular formula is C16H19N5O3S. The summed E-state index contributed by atoms with van der Waals surface area (Å²) >= 11 is 0. The molecule has 1 saturated heterocycles. The fourth-order valence-corrected chi connectivity index (χ4v) is 4.64. The Labute approximate surface area is 145 Å². The Morgan fingerprint density at radius 1 is 1.24 bits per heavy atom. The van der Waals surface area contributed by atoms with Gasteiger partial charge in [0.2, 0.25) is 15.9 Å². The third-order valence-electron chi connectivity index (χ3n) is 4.56. The van der Waals surface area contributed by atoms with Crippen molar-refractivity contribution in [3.05, 3.63) is 18.5 Å². The molecule has 25 heavy (non-hydrogen) atoms. The van der Waals surface area contributed by atoms with E-state index in [1.165, 1.54) is 4.31 Å². The molecule has 0 unspecified atom stereocenters. The molecule has 2 aromatic rings. The van der Waals surface area contributed by atoms with Crippen LogP contribution in [0.25, 0.3) is 10.8 Å². The number of aromatic nitrogens is 2. The minimum absolute atomic E-state index is 0.0370. The van der Waals surface area contributed by atoms with E-state index >= 15 is 0 Å². The SMILES string of the molecule is CNc1ncc(N2CCCS2(=O)=O)c2cc(NC(=O)C3CC3)ncc12. The van der Waals surface area contributed by atoms with Gasteiger partial charge in [-0.25, -0.2) is 18.4 Å². The lowest BCUT2D eigenvalue weighted by Crippen LogP contribution is -2.25. The number of carbonyl (C=O) groups excluding carboxylic acids is 1. The monoisotopic (exact) mass is 361 g/mol. The second-order valence-corrected chi connectivity index (χ2v) is 8.38. The van der Waals surface area contributed by atoms with E-state index in [-0.39, 0.29) is 17.6 Å². The number of amides is 1. The van der Waals surface area contributed by atoms with Crippen LogP contribution in [0.15, 0.2) is 18.5 Å². The highest BCUT2D eigenvalue weighted by atomic mass is 32.2. The summed E-state index contributed by atoms with van der Waals surface area (Å²) < 4.78 is 26.0. The summed E-state index contributed by atoms with van der Waals surface area (Å²) in [5.74, 6) is 1.21. The van der Waals surface area contributed by atoms with Gasteiger partial charge in [0.05, 0.1) is 17.6 Å². The molecule has 1 aliphatic carbocycles. The van der Waals surface area contributed by atoms with Crippen LogP contribution in [-0.4, -0.2) is 43.6 Å². The largest absolute Gasteiger partial charge is 0.373 e. The summed E-state index contributed by atoms with van der Waals surface area (Å²) in [4.78, 5) is 20.6. The summed E-state index contributed by atoms with van der Waals surface area (Å²) in [6.45, 7) is 0.435. The third kappa shape index (κ3) is 2.88. The van der Waals surface area contributed by atoms with Crippen LogP contribution in [0.2, 0.25) is 0 Å². The second kappa shape index (κ2) is 5.83. The van der Waals surface area contributed by atoms with Gasteiger partial charge in [-0.2, -0.15) is 0 Å². The number of nitrogens with zero attached hydrogens (tertiary/aromatic N) is 3. The second-order valence-electron chi connectivity index (χ2n) is 6.36. The lowest BCUT2D eigenvalue weighted by molar-refractivity contribution is -0.117. The standard InChI is InChI=1S/C16H19N5O3S/c1-17-15-12-8-18-14(20-16(22)10-3-4-10)7-11(12)13(9-19-15)21-5-2-6-25(21,23)24/h7-10H,2-6H2,1H3,(H,17,19)(H,18,20,22). The number of hydrogen-bond donors (Lipinski definition) is 2. The van der Waals surface area contributed by atoms with Gasteiger partial charge < -0.3 is 10.6 Å². The first kappa shape index (κ1) is 16.1. The highest BCUT2D eigenvalue weighted by Crippen LogP contribution is 2.35. The fraction of sp³-hybridized carbons (Fsp3) is 0.438. The van der Waals surface area contributed by atoms with Gasteiger partial charge in [-0.1, -0.05) is 0 Å². The van der Waals surface area contributed by atoms with E-state index in [4.69, 9.17) is 0 Å². The maximum Gasteiger partial charge on any atom is 0.235 e. The van der Waals surface area contributed by atoms with Crippen LogP contribution in [0.3, 0.4) is 0 Å². The number of carbonyl (C=O) groups is 1. The average Bonchev–Trinajstić information content (AvgIpc) is 3.38. The molecule has 0 radical (unpaired) electrons. The molecule has 2 N–H and O–H groups in total. The molecule has 1 saturated carbocycles. The normalized spacial score (nSPS) is 19.2. The molecule has 2 aliphatic rings. The van der Waals surface area contributed by atoms with Crippen LogP contribution >= 0.6 is 0 Å². The number of pyridine rings is 2. The van der Waals surface area contributed by atoms with Crippen LogP contribution in [-0.2, 0) is 14.8 Å². The van der Waals surface area contributed by atoms with Crippen molar-refractivity contribution in [3.63, 3.8) is 0 Å². The summed E-state index contributed by atoms with van der Waals surface area (Å²) in [5, 5.41) is 7.22. The molecule has 2 fully saturated rings. The quantitative estimate of drug-likeness (QED) is 0.856. The molecule has 0 aromatic carbocycles. The van der Waals surface area contributed by atoms with Crippen LogP contribution in [0.5, 0.6) is 0 Å². The van der Waals surface area contributed by atoms with Gasteiger partial charge in [0, 0.05) is 36.5 Å². The van der Waals surface area contributed by atoms with Crippen molar-refractivity contribution < 1.29 is 13.2 Å². The van der Waals surface area contributed by atoms with Crippen molar-refractivity contribution in [1.82, 2.24) is 9.97 Å². The van der Waals surface area contributed by atoms with Crippen LogP contribution in [0.4, 0.5) is 17.3 Å². The molecule has 1 aliphatic heterocycles. The minimum atomic E-state index is -3.33.